The lowest BCUT2D eigenvalue weighted by Gasteiger charge is -2.07. The van der Waals surface area contributed by atoms with E-state index >= 15 is 0 Å². The molecule has 20 heavy (non-hydrogen) atoms. The summed E-state index contributed by atoms with van der Waals surface area (Å²) in [5, 5.41) is 18.2. The second-order valence-corrected chi connectivity index (χ2v) is 4.69. The lowest BCUT2D eigenvalue weighted by molar-refractivity contribution is 0.463. The molecule has 2 aromatic carbocycles. The smallest absolute Gasteiger partial charge is 0.161 e. The molecule has 102 valence electrons. The molecule has 0 aliphatic rings. The molecule has 6 heteroatoms. The Morgan fingerprint density at radius 2 is 1.50 bits per heavy atom. The molecular formula is C14H11F2N3O. The summed E-state index contributed by atoms with van der Waals surface area (Å²) >= 11 is 0. The van der Waals surface area contributed by atoms with Crippen molar-refractivity contribution in [1.29, 1.82) is 0 Å². The van der Waals surface area contributed by atoms with Gasteiger partial charge in [-0.2, -0.15) is 0 Å². The van der Waals surface area contributed by atoms with Crippen LogP contribution >= 0.6 is 0 Å². The van der Waals surface area contributed by atoms with Gasteiger partial charge in [-0.3, -0.25) is 0 Å². The van der Waals surface area contributed by atoms with Crippen LogP contribution in [-0.4, -0.2) is 20.1 Å². The number of nitrogens with zero attached hydrogens (tertiary/aromatic N) is 3. The van der Waals surface area contributed by atoms with Crippen LogP contribution < -0.4 is 0 Å². The number of phenols is 1. The van der Waals surface area contributed by atoms with Crippen molar-refractivity contribution in [3.8, 4) is 11.4 Å². The largest absolute Gasteiger partial charge is 0.505 e. The molecule has 0 atom stereocenters. The van der Waals surface area contributed by atoms with E-state index in [-0.39, 0.29) is 16.8 Å². The molecule has 0 aliphatic heterocycles. The van der Waals surface area contributed by atoms with E-state index < -0.39 is 11.6 Å². The number of fused-ring (bicyclic) bond motifs is 1. The standard InChI is InChI=1S/C14H11F2N3O/c1-7-3-8(2)14(20)13(4-7)19-17-11-5-9(15)10(16)6-12(11)18-19/h3-6,20H,1-2H3. The summed E-state index contributed by atoms with van der Waals surface area (Å²) in [5.74, 6) is -1.92. The first kappa shape index (κ1) is 12.5. The Kier molecular flexibility index (Phi) is 2.67. The lowest BCUT2D eigenvalue weighted by Crippen LogP contribution is -2.00. The predicted molar refractivity (Wildman–Crippen MR) is 69.9 cm³/mol. The van der Waals surface area contributed by atoms with Gasteiger partial charge in [0, 0.05) is 12.1 Å². The van der Waals surface area contributed by atoms with Crippen molar-refractivity contribution in [2.75, 3.05) is 0 Å². The van der Waals surface area contributed by atoms with E-state index in [0.29, 0.717) is 11.3 Å². The molecule has 3 aromatic rings. The Balaban J connectivity index is 2.25. The van der Waals surface area contributed by atoms with Gasteiger partial charge < -0.3 is 5.11 Å². The quantitative estimate of drug-likeness (QED) is 0.742. The lowest BCUT2D eigenvalue weighted by atomic mass is 10.1. The summed E-state index contributed by atoms with van der Waals surface area (Å²) in [4.78, 5) is 1.18. The topological polar surface area (TPSA) is 50.9 Å². The average molecular weight is 275 g/mol. The minimum atomic E-state index is -0.978. The highest BCUT2D eigenvalue weighted by molar-refractivity contribution is 5.74. The number of halogens is 2. The Bertz CT molecular complexity index is 788. The van der Waals surface area contributed by atoms with Gasteiger partial charge in [-0.25, -0.2) is 8.78 Å². The minimum absolute atomic E-state index is 0.0388. The molecule has 0 fully saturated rings. The van der Waals surface area contributed by atoms with Gasteiger partial charge in [0.05, 0.1) is 0 Å². The fourth-order valence-corrected chi connectivity index (χ4v) is 2.11. The van der Waals surface area contributed by atoms with Crippen LogP contribution in [0, 0.1) is 25.5 Å². The summed E-state index contributed by atoms with van der Waals surface area (Å²) in [6, 6.07) is 5.48. The molecule has 1 N–H and O–H groups in total. The maximum absolute atomic E-state index is 13.2. The third-order valence-corrected chi connectivity index (χ3v) is 3.06. The summed E-state index contributed by atoms with van der Waals surface area (Å²) in [5.41, 5.74) is 2.43. The van der Waals surface area contributed by atoms with E-state index in [1.165, 1.54) is 4.80 Å². The predicted octanol–water partition coefficient (Wildman–Crippen LogP) is 3.02. The van der Waals surface area contributed by atoms with E-state index in [1.54, 1.807) is 13.0 Å². The fourth-order valence-electron chi connectivity index (χ4n) is 2.11. The summed E-state index contributed by atoms with van der Waals surface area (Å²) in [6.45, 7) is 3.63. The zero-order valence-corrected chi connectivity index (χ0v) is 10.9. The SMILES string of the molecule is Cc1cc(C)c(O)c(-n2nc3cc(F)c(F)cc3n2)c1. The van der Waals surface area contributed by atoms with Crippen molar-refractivity contribution < 1.29 is 13.9 Å². The first-order valence-corrected chi connectivity index (χ1v) is 5.98. The van der Waals surface area contributed by atoms with Gasteiger partial charge in [-0.05, 0) is 31.0 Å². The molecule has 4 nitrogen and oxygen atoms in total. The van der Waals surface area contributed by atoms with Gasteiger partial charge in [0.15, 0.2) is 11.6 Å². The number of phenolic OH excluding ortho intramolecular Hbond substituents is 1. The Hall–Kier alpha value is -2.50. The van der Waals surface area contributed by atoms with Gasteiger partial charge in [0.2, 0.25) is 0 Å². The Morgan fingerprint density at radius 1 is 0.950 bits per heavy atom. The highest BCUT2D eigenvalue weighted by atomic mass is 19.2. The van der Waals surface area contributed by atoms with Crippen LogP contribution in [0.2, 0.25) is 0 Å². The number of aryl methyl sites for hydroxylation is 2. The molecule has 0 radical (unpaired) electrons. The first-order valence-electron chi connectivity index (χ1n) is 5.98. The third kappa shape index (κ3) is 1.89. The van der Waals surface area contributed by atoms with Crippen LogP contribution in [0.4, 0.5) is 8.78 Å². The highest BCUT2D eigenvalue weighted by Gasteiger charge is 2.13. The van der Waals surface area contributed by atoms with Crippen LogP contribution in [0.1, 0.15) is 11.1 Å². The van der Waals surface area contributed by atoms with Gasteiger partial charge in [0.25, 0.3) is 0 Å². The number of benzene rings is 2. The zero-order valence-electron chi connectivity index (χ0n) is 10.9. The van der Waals surface area contributed by atoms with Gasteiger partial charge in [-0.15, -0.1) is 15.0 Å². The molecular weight excluding hydrogens is 264 g/mol. The zero-order chi connectivity index (χ0) is 14.4. The van der Waals surface area contributed by atoms with Gasteiger partial charge in [0.1, 0.15) is 22.5 Å². The molecule has 0 spiro atoms. The van der Waals surface area contributed by atoms with Crippen molar-refractivity contribution in [3.05, 3.63) is 47.0 Å². The van der Waals surface area contributed by atoms with Crippen molar-refractivity contribution in [2.45, 2.75) is 13.8 Å². The number of aromatic nitrogens is 3. The maximum atomic E-state index is 13.2. The normalized spacial score (nSPS) is 11.2. The van der Waals surface area contributed by atoms with Crippen LogP contribution in [0.3, 0.4) is 0 Å². The number of hydrogen-bond donors (Lipinski definition) is 1. The Labute approximate surface area is 113 Å². The highest BCUT2D eigenvalue weighted by Crippen LogP contribution is 2.27. The summed E-state index contributed by atoms with van der Waals surface area (Å²) in [6.07, 6.45) is 0. The van der Waals surface area contributed by atoms with E-state index in [2.05, 4.69) is 10.2 Å². The molecule has 0 aliphatic carbocycles. The molecule has 0 unspecified atom stereocenters. The molecule has 0 amide bonds. The van der Waals surface area contributed by atoms with Crippen LogP contribution in [0.15, 0.2) is 24.3 Å². The maximum Gasteiger partial charge on any atom is 0.161 e. The number of rotatable bonds is 1. The molecule has 0 bridgehead atoms. The van der Waals surface area contributed by atoms with Crippen molar-refractivity contribution in [1.82, 2.24) is 15.0 Å². The number of aromatic hydroxyl groups is 1. The number of hydrogen-bond acceptors (Lipinski definition) is 3. The summed E-state index contributed by atoms with van der Waals surface area (Å²) in [7, 11) is 0. The van der Waals surface area contributed by atoms with E-state index in [1.807, 2.05) is 13.0 Å². The fraction of sp³-hybridized carbons (Fsp3) is 0.143. The molecule has 3 rings (SSSR count). The third-order valence-electron chi connectivity index (χ3n) is 3.06. The van der Waals surface area contributed by atoms with Crippen molar-refractivity contribution >= 4 is 11.0 Å². The molecule has 0 saturated carbocycles. The van der Waals surface area contributed by atoms with Gasteiger partial charge >= 0.3 is 0 Å². The first-order chi connectivity index (χ1) is 9.45. The molecule has 0 saturated heterocycles. The second-order valence-electron chi connectivity index (χ2n) is 4.69. The second kappa shape index (κ2) is 4.26. The van der Waals surface area contributed by atoms with Crippen molar-refractivity contribution in [3.63, 3.8) is 0 Å². The van der Waals surface area contributed by atoms with Gasteiger partial charge in [-0.1, -0.05) is 6.07 Å². The van der Waals surface area contributed by atoms with Crippen LogP contribution in [0.5, 0.6) is 5.75 Å². The average Bonchev–Trinajstić information content (AvgIpc) is 2.77. The van der Waals surface area contributed by atoms with Crippen LogP contribution in [-0.2, 0) is 0 Å². The van der Waals surface area contributed by atoms with E-state index in [4.69, 9.17) is 0 Å². The Morgan fingerprint density at radius 3 is 2.05 bits per heavy atom. The minimum Gasteiger partial charge on any atom is -0.505 e. The summed E-state index contributed by atoms with van der Waals surface area (Å²) < 4.78 is 26.3. The van der Waals surface area contributed by atoms with E-state index in [0.717, 1.165) is 17.7 Å². The molecule has 1 aromatic heterocycles. The monoisotopic (exact) mass is 275 g/mol. The van der Waals surface area contributed by atoms with Crippen LogP contribution in [0.25, 0.3) is 16.7 Å². The molecule has 1 heterocycles. The van der Waals surface area contributed by atoms with E-state index in [9.17, 15) is 13.9 Å². The van der Waals surface area contributed by atoms with Crippen molar-refractivity contribution in [2.24, 2.45) is 0 Å².